The monoisotopic (exact) mass is 455 g/mol. The Balaban J connectivity index is 1.77. The molecule has 1 N–H and O–H groups in total. The molecule has 0 radical (unpaired) electrons. The van der Waals surface area contributed by atoms with Gasteiger partial charge in [-0.1, -0.05) is 30.3 Å². The predicted octanol–water partition coefficient (Wildman–Crippen LogP) is 3.32. The molecule has 0 saturated heterocycles. The van der Waals surface area contributed by atoms with Crippen molar-refractivity contribution in [2.45, 2.75) is 35.2 Å². The summed E-state index contributed by atoms with van der Waals surface area (Å²) in [7, 11) is 3.11. The summed E-state index contributed by atoms with van der Waals surface area (Å²) in [6.45, 7) is 2.85. The highest BCUT2D eigenvalue weighted by molar-refractivity contribution is 8.00. The number of ether oxygens (including phenoxy) is 2. The number of nitrogens with one attached hydrogen (secondary N) is 1. The molecule has 2 heterocycles. The maximum atomic E-state index is 12.9. The number of thioether (sulfide) groups is 2. The molecule has 0 bridgehead atoms. The number of halogens is 1. The van der Waals surface area contributed by atoms with Crippen LogP contribution in [0.1, 0.15) is 12.6 Å². The Bertz CT molecular complexity index is 967. The summed E-state index contributed by atoms with van der Waals surface area (Å²) < 4.78 is 12.0. The van der Waals surface area contributed by atoms with Crippen LogP contribution in [0.25, 0.3) is 0 Å². The second kappa shape index (κ2) is 9.88. The number of rotatable bonds is 8. The first kappa shape index (κ1) is 22.0. The number of fused-ring (bicyclic) bond motifs is 1. The van der Waals surface area contributed by atoms with Crippen LogP contribution in [0.15, 0.2) is 33.0 Å². The predicted molar refractivity (Wildman–Crippen MR) is 117 cm³/mol. The largest absolute Gasteiger partial charge is 0.495 e. The fraction of sp³-hybridized carbons (Fsp3) is 0.421. The molecular weight excluding hydrogens is 434 g/mol. The molecule has 3 rings (SSSR count). The molecule has 7 nitrogen and oxygen atoms in total. The second-order valence-electron chi connectivity index (χ2n) is 6.43. The first-order valence-electron chi connectivity index (χ1n) is 8.98. The normalized spacial score (nSPS) is 15.2. The van der Waals surface area contributed by atoms with E-state index in [-0.39, 0.29) is 17.2 Å². The molecule has 0 unspecified atom stereocenters. The molecular formula is C19H22ClN3O4S2. The van der Waals surface area contributed by atoms with Gasteiger partial charge in [-0.25, -0.2) is 4.98 Å². The molecule has 1 atom stereocenters. The number of carbonyl (C=O) groups is 1. The summed E-state index contributed by atoms with van der Waals surface area (Å²) >= 11 is 8.79. The molecule has 2 aromatic rings. The van der Waals surface area contributed by atoms with Crippen LogP contribution in [-0.2, 0) is 22.5 Å². The van der Waals surface area contributed by atoms with Gasteiger partial charge in [-0.2, -0.15) is 0 Å². The minimum atomic E-state index is -0.244. The van der Waals surface area contributed by atoms with Crippen LogP contribution in [0, 0.1) is 0 Å². The van der Waals surface area contributed by atoms with Crippen molar-refractivity contribution < 1.29 is 14.3 Å². The molecule has 1 amide bonds. The van der Waals surface area contributed by atoms with Gasteiger partial charge in [-0.05, 0) is 18.2 Å². The molecule has 0 aliphatic carbocycles. The van der Waals surface area contributed by atoms with Crippen LogP contribution >= 0.6 is 35.1 Å². The highest BCUT2D eigenvalue weighted by Gasteiger charge is 2.26. The van der Waals surface area contributed by atoms with Crippen LogP contribution < -0.4 is 15.6 Å². The van der Waals surface area contributed by atoms with Crippen molar-refractivity contribution in [2.24, 2.45) is 0 Å². The molecule has 156 valence electrons. The number of carbonyl (C=O) groups excluding carboxylic acids is 1. The first-order valence-corrected chi connectivity index (χ1v) is 11.2. The average Bonchev–Trinajstić information content (AvgIpc) is 3.06. The summed E-state index contributed by atoms with van der Waals surface area (Å²) in [5.74, 6) is 0.370. The van der Waals surface area contributed by atoms with Crippen molar-refractivity contribution in [3.63, 3.8) is 0 Å². The smallest absolute Gasteiger partial charge is 0.268 e. The Kier molecular flexibility index (Phi) is 7.50. The van der Waals surface area contributed by atoms with E-state index < -0.39 is 0 Å². The van der Waals surface area contributed by atoms with Crippen molar-refractivity contribution in [1.29, 1.82) is 0 Å². The molecule has 0 spiro atoms. The quantitative estimate of drug-likeness (QED) is 0.483. The van der Waals surface area contributed by atoms with E-state index in [1.807, 2.05) is 0 Å². The van der Waals surface area contributed by atoms with Gasteiger partial charge in [-0.3, -0.25) is 14.2 Å². The van der Waals surface area contributed by atoms with Crippen LogP contribution in [0.5, 0.6) is 5.75 Å². The fourth-order valence-corrected chi connectivity index (χ4v) is 5.04. The minimum absolute atomic E-state index is 0.0687. The maximum absolute atomic E-state index is 12.9. The summed E-state index contributed by atoms with van der Waals surface area (Å²) in [6, 6.07) is 5.00. The molecule has 0 saturated carbocycles. The van der Waals surface area contributed by atoms with Gasteiger partial charge in [-0.15, -0.1) is 11.8 Å². The lowest BCUT2D eigenvalue weighted by molar-refractivity contribution is -0.113. The highest BCUT2D eigenvalue weighted by Crippen LogP contribution is 2.34. The summed E-state index contributed by atoms with van der Waals surface area (Å²) in [4.78, 5) is 30.7. The van der Waals surface area contributed by atoms with Crippen molar-refractivity contribution >= 4 is 46.7 Å². The topological polar surface area (TPSA) is 82.4 Å². The Hall–Kier alpha value is -1.68. The SMILES string of the molecule is COCCn1c(SCC(=O)Nc2cc(Cl)ccc2OC)nc2c(c1=O)S[C@@H](C)C2. The number of hydrogen-bond acceptors (Lipinski definition) is 7. The molecule has 0 fully saturated rings. The zero-order valence-corrected chi connectivity index (χ0v) is 18.7. The highest BCUT2D eigenvalue weighted by atomic mass is 35.5. The van der Waals surface area contributed by atoms with Crippen LogP contribution in [0.4, 0.5) is 5.69 Å². The van der Waals surface area contributed by atoms with E-state index in [0.29, 0.717) is 44.9 Å². The minimum Gasteiger partial charge on any atom is -0.495 e. The van der Waals surface area contributed by atoms with E-state index in [4.69, 9.17) is 21.1 Å². The lowest BCUT2D eigenvalue weighted by Gasteiger charge is -2.14. The summed E-state index contributed by atoms with van der Waals surface area (Å²) in [5.41, 5.74) is 1.23. The number of amides is 1. The van der Waals surface area contributed by atoms with Crippen molar-refractivity contribution in [3.05, 3.63) is 39.3 Å². The van der Waals surface area contributed by atoms with E-state index in [1.165, 1.54) is 18.9 Å². The number of hydrogen-bond donors (Lipinski definition) is 1. The van der Waals surface area contributed by atoms with Crippen LogP contribution in [0.2, 0.25) is 5.02 Å². The van der Waals surface area contributed by atoms with E-state index in [1.54, 1.807) is 41.6 Å². The molecule has 1 aromatic carbocycles. The van der Waals surface area contributed by atoms with Gasteiger partial charge in [0.1, 0.15) is 5.75 Å². The third kappa shape index (κ3) is 5.28. The van der Waals surface area contributed by atoms with E-state index in [0.717, 1.165) is 12.1 Å². The first-order chi connectivity index (χ1) is 13.9. The van der Waals surface area contributed by atoms with Gasteiger partial charge in [0.2, 0.25) is 5.91 Å². The van der Waals surface area contributed by atoms with E-state index in [9.17, 15) is 9.59 Å². The van der Waals surface area contributed by atoms with Crippen molar-refractivity contribution in [2.75, 3.05) is 31.9 Å². The summed E-state index contributed by atoms with van der Waals surface area (Å²) in [6.07, 6.45) is 0.750. The Morgan fingerprint density at radius 1 is 1.45 bits per heavy atom. The van der Waals surface area contributed by atoms with Crippen LogP contribution in [-0.4, -0.2) is 47.3 Å². The Morgan fingerprint density at radius 3 is 2.97 bits per heavy atom. The lowest BCUT2D eigenvalue weighted by Crippen LogP contribution is -2.27. The zero-order chi connectivity index (χ0) is 21.0. The number of nitrogens with zero attached hydrogens (tertiary/aromatic N) is 2. The van der Waals surface area contributed by atoms with Crippen molar-refractivity contribution in [3.8, 4) is 5.75 Å². The molecule has 1 aliphatic heterocycles. The number of aromatic nitrogens is 2. The second-order valence-corrected chi connectivity index (χ2v) is 9.26. The van der Waals surface area contributed by atoms with Gasteiger partial charge in [0.15, 0.2) is 5.16 Å². The van der Waals surface area contributed by atoms with E-state index >= 15 is 0 Å². The number of anilines is 1. The van der Waals surface area contributed by atoms with Crippen molar-refractivity contribution in [1.82, 2.24) is 9.55 Å². The molecule has 1 aromatic heterocycles. The van der Waals surface area contributed by atoms with Gasteiger partial charge < -0.3 is 14.8 Å². The Labute approximate surface area is 182 Å². The number of benzene rings is 1. The fourth-order valence-electron chi connectivity index (χ4n) is 2.92. The molecule has 10 heteroatoms. The Morgan fingerprint density at radius 2 is 2.24 bits per heavy atom. The molecule has 1 aliphatic rings. The number of methoxy groups -OCH3 is 2. The molecule has 29 heavy (non-hydrogen) atoms. The zero-order valence-electron chi connectivity index (χ0n) is 16.4. The van der Waals surface area contributed by atoms with Crippen LogP contribution in [0.3, 0.4) is 0 Å². The summed E-state index contributed by atoms with van der Waals surface area (Å²) in [5, 5.41) is 4.13. The van der Waals surface area contributed by atoms with Gasteiger partial charge in [0.25, 0.3) is 5.56 Å². The third-order valence-corrected chi connectivity index (χ3v) is 6.68. The standard InChI is InChI=1S/C19H22ClN3O4S2/c1-11-8-14-17(29-11)18(25)23(6-7-26-2)19(22-14)28-10-16(24)21-13-9-12(20)4-5-15(13)27-3/h4-5,9,11H,6-8,10H2,1-3H3,(H,21,24)/t11-/m0/s1. The maximum Gasteiger partial charge on any atom is 0.268 e. The lowest BCUT2D eigenvalue weighted by atomic mass is 10.2. The van der Waals surface area contributed by atoms with Gasteiger partial charge in [0, 0.05) is 23.8 Å². The van der Waals surface area contributed by atoms with E-state index in [2.05, 4.69) is 17.2 Å². The van der Waals surface area contributed by atoms with Gasteiger partial charge >= 0.3 is 0 Å². The average molecular weight is 456 g/mol. The third-order valence-electron chi connectivity index (χ3n) is 4.25. The van der Waals surface area contributed by atoms with Gasteiger partial charge in [0.05, 0.1) is 42.3 Å².